The van der Waals surface area contributed by atoms with Gasteiger partial charge >= 0.3 is 5.69 Å². The molecule has 1 aromatic heterocycles. The monoisotopic (exact) mass is 291 g/mol. The van der Waals surface area contributed by atoms with Gasteiger partial charge < -0.3 is 10.0 Å². The third kappa shape index (κ3) is 3.45. The zero-order valence-corrected chi connectivity index (χ0v) is 11.6. The highest BCUT2D eigenvalue weighted by atomic mass is 16.6. The topological polar surface area (TPSA) is 107 Å². The molecule has 8 heteroatoms. The van der Waals surface area contributed by atoms with Crippen molar-refractivity contribution in [1.82, 2.24) is 9.88 Å². The molecule has 1 saturated heterocycles. The predicted octanol–water partition coefficient (Wildman–Crippen LogP) is 0.366. The summed E-state index contributed by atoms with van der Waals surface area (Å²) in [5.41, 5.74) is -0.197. The molecule has 1 aliphatic rings. The van der Waals surface area contributed by atoms with E-state index < -0.39 is 4.92 Å². The maximum absolute atomic E-state index is 11.2. The van der Waals surface area contributed by atoms with Crippen molar-refractivity contribution >= 4 is 11.5 Å². The predicted molar refractivity (Wildman–Crippen MR) is 76.0 cm³/mol. The van der Waals surface area contributed by atoms with Crippen molar-refractivity contribution in [3.63, 3.8) is 0 Å². The summed E-state index contributed by atoms with van der Waals surface area (Å²) < 4.78 is 0. The van der Waals surface area contributed by atoms with Crippen LogP contribution in [0.1, 0.15) is 12.0 Å². The Morgan fingerprint density at radius 3 is 2.90 bits per heavy atom. The van der Waals surface area contributed by atoms with Gasteiger partial charge in [-0.25, -0.2) is 4.98 Å². The highest BCUT2D eigenvalue weighted by Gasteiger charge is 2.26. The summed E-state index contributed by atoms with van der Waals surface area (Å²) in [5, 5.41) is 29.2. The number of aliphatic hydroxyl groups excluding tert-OH is 1. The molecule has 112 valence electrons. The number of β-amino-alcohol motifs (C(OH)–C–C–N with tert-alkyl or cyclic N) is 1. The highest BCUT2D eigenvalue weighted by Crippen LogP contribution is 2.29. The summed E-state index contributed by atoms with van der Waals surface area (Å²) in [6, 6.07) is 3.21. The molecule has 21 heavy (non-hydrogen) atoms. The fraction of sp³-hybridized carbons (Fsp3) is 0.538. The first kappa shape index (κ1) is 15.2. The molecule has 0 aromatic carbocycles. The number of nitro groups is 1. The van der Waals surface area contributed by atoms with Crippen LogP contribution in [0.15, 0.2) is 12.3 Å². The Morgan fingerprint density at radius 1 is 1.43 bits per heavy atom. The normalized spacial score (nSPS) is 16.3. The summed E-state index contributed by atoms with van der Waals surface area (Å²) in [6.07, 6.45) is 2.26. The standard InChI is InChI=1S/C13H17N5O3/c14-10-11-2-3-15-13(12(11)18(20)21)17-5-1-4-16(6-7-17)8-9-19/h2-3,19H,1,4-9H2. The Balaban J connectivity index is 2.26. The quantitative estimate of drug-likeness (QED) is 0.630. The van der Waals surface area contributed by atoms with Crippen molar-refractivity contribution in [3.05, 3.63) is 27.9 Å². The van der Waals surface area contributed by atoms with E-state index in [0.29, 0.717) is 26.2 Å². The molecule has 1 fully saturated rings. The van der Waals surface area contributed by atoms with E-state index in [1.807, 2.05) is 11.0 Å². The minimum Gasteiger partial charge on any atom is -0.395 e. The number of aliphatic hydroxyl groups is 1. The molecule has 0 unspecified atom stereocenters. The van der Waals surface area contributed by atoms with Crippen LogP contribution in [0, 0.1) is 21.4 Å². The lowest BCUT2D eigenvalue weighted by molar-refractivity contribution is -0.384. The first-order valence-electron chi connectivity index (χ1n) is 6.79. The Kier molecular flexibility index (Phi) is 5.03. The molecule has 0 spiro atoms. The summed E-state index contributed by atoms with van der Waals surface area (Å²) in [5.74, 6) is 0.255. The van der Waals surface area contributed by atoms with Gasteiger partial charge in [0.1, 0.15) is 11.6 Å². The van der Waals surface area contributed by atoms with Crippen LogP contribution in [0.3, 0.4) is 0 Å². The van der Waals surface area contributed by atoms with E-state index in [-0.39, 0.29) is 23.7 Å². The Hall–Kier alpha value is -2.24. The van der Waals surface area contributed by atoms with Gasteiger partial charge in [-0.05, 0) is 19.0 Å². The Labute approximate surface area is 122 Å². The van der Waals surface area contributed by atoms with Gasteiger partial charge in [-0.3, -0.25) is 15.0 Å². The molecule has 1 aliphatic heterocycles. The van der Waals surface area contributed by atoms with Gasteiger partial charge in [-0.2, -0.15) is 5.26 Å². The van der Waals surface area contributed by atoms with Gasteiger partial charge in [0.2, 0.25) is 5.82 Å². The second kappa shape index (κ2) is 6.97. The molecule has 1 N–H and O–H groups in total. The lowest BCUT2D eigenvalue weighted by Gasteiger charge is -2.22. The van der Waals surface area contributed by atoms with Crippen molar-refractivity contribution in [2.75, 3.05) is 44.2 Å². The van der Waals surface area contributed by atoms with Crippen molar-refractivity contribution in [2.45, 2.75) is 6.42 Å². The number of nitrogens with zero attached hydrogens (tertiary/aromatic N) is 5. The lowest BCUT2D eigenvalue weighted by Crippen LogP contribution is -2.33. The zero-order valence-electron chi connectivity index (χ0n) is 11.6. The van der Waals surface area contributed by atoms with Crippen LogP contribution in [0.4, 0.5) is 11.5 Å². The number of anilines is 1. The molecule has 0 radical (unpaired) electrons. The van der Waals surface area contributed by atoms with Crippen LogP contribution < -0.4 is 4.90 Å². The minimum absolute atomic E-state index is 0.0291. The summed E-state index contributed by atoms with van der Waals surface area (Å²) in [7, 11) is 0. The Morgan fingerprint density at radius 2 is 2.24 bits per heavy atom. The number of rotatable bonds is 4. The third-order valence-electron chi connectivity index (χ3n) is 3.51. The lowest BCUT2D eigenvalue weighted by atomic mass is 10.2. The van der Waals surface area contributed by atoms with Gasteiger partial charge in [0, 0.05) is 32.4 Å². The smallest absolute Gasteiger partial charge is 0.329 e. The van der Waals surface area contributed by atoms with Gasteiger partial charge in [0.05, 0.1) is 11.5 Å². The molecular formula is C13H17N5O3. The van der Waals surface area contributed by atoms with Crippen LogP contribution in [-0.2, 0) is 0 Å². The molecule has 2 rings (SSSR count). The second-order valence-electron chi connectivity index (χ2n) is 4.81. The average molecular weight is 291 g/mol. The number of nitriles is 1. The van der Waals surface area contributed by atoms with Gasteiger partial charge in [0.15, 0.2) is 0 Å². The number of hydrogen-bond donors (Lipinski definition) is 1. The molecule has 8 nitrogen and oxygen atoms in total. The minimum atomic E-state index is -0.544. The molecule has 0 saturated carbocycles. The molecule has 0 bridgehead atoms. The molecule has 0 aliphatic carbocycles. The van der Waals surface area contributed by atoms with Crippen LogP contribution in [0.2, 0.25) is 0 Å². The average Bonchev–Trinajstić information content (AvgIpc) is 2.72. The first-order chi connectivity index (χ1) is 10.2. The number of aromatic nitrogens is 1. The first-order valence-corrected chi connectivity index (χ1v) is 6.79. The van der Waals surface area contributed by atoms with Crippen LogP contribution in [0.5, 0.6) is 0 Å². The van der Waals surface area contributed by atoms with Crippen molar-refractivity contribution in [1.29, 1.82) is 5.26 Å². The van der Waals surface area contributed by atoms with E-state index in [4.69, 9.17) is 10.4 Å². The SMILES string of the molecule is N#Cc1ccnc(N2CCCN(CCO)CC2)c1[N+](=O)[O-]. The van der Waals surface area contributed by atoms with Crippen LogP contribution in [-0.4, -0.2) is 59.2 Å². The summed E-state index contributed by atoms with van der Waals surface area (Å²) in [4.78, 5) is 18.8. The Bertz CT molecular complexity index is 557. The molecule has 0 amide bonds. The van der Waals surface area contributed by atoms with Gasteiger partial charge in [-0.15, -0.1) is 0 Å². The molecule has 1 aromatic rings. The number of pyridine rings is 1. The van der Waals surface area contributed by atoms with Crippen molar-refractivity contribution < 1.29 is 10.0 Å². The van der Waals surface area contributed by atoms with Crippen molar-refractivity contribution in [2.24, 2.45) is 0 Å². The van der Waals surface area contributed by atoms with E-state index in [9.17, 15) is 10.1 Å². The fourth-order valence-corrected chi connectivity index (χ4v) is 2.49. The van der Waals surface area contributed by atoms with E-state index in [2.05, 4.69) is 9.88 Å². The second-order valence-corrected chi connectivity index (χ2v) is 4.81. The van der Waals surface area contributed by atoms with E-state index >= 15 is 0 Å². The van der Waals surface area contributed by atoms with Gasteiger partial charge in [-0.1, -0.05) is 0 Å². The van der Waals surface area contributed by atoms with Crippen LogP contribution in [0.25, 0.3) is 0 Å². The zero-order chi connectivity index (χ0) is 15.2. The molecule has 0 atom stereocenters. The summed E-state index contributed by atoms with van der Waals surface area (Å²) >= 11 is 0. The molecular weight excluding hydrogens is 274 g/mol. The largest absolute Gasteiger partial charge is 0.395 e. The molecule has 2 heterocycles. The van der Waals surface area contributed by atoms with Gasteiger partial charge in [0.25, 0.3) is 0 Å². The van der Waals surface area contributed by atoms with E-state index in [1.54, 1.807) is 0 Å². The van der Waals surface area contributed by atoms with Crippen LogP contribution >= 0.6 is 0 Å². The number of hydrogen-bond acceptors (Lipinski definition) is 7. The summed E-state index contributed by atoms with van der Waals surface area (Å²) in [6.45, 7) is 3.47. The maximum atomic E-state index is 11.2. The van der Waals surface area contributed by atoms with E-state index in [0.717, 1.165) is 13.0 Å². The fourth-order valence-electron chi connectivity index (χ4n) is 2.49. The third-order valence-corrected chi connectivity index (χ3v) is 3.51. The van der Waals surface area contributed by atoms with E-state index in [1.165, 1.54) is 12.3 Å². The highest BCUT2D eigenvalue weighted by molar-refractivity contribution is 5.65. The maximum Gasteiger partial charge on any atom is 0.329 e. The van der Waals surface area contributed by atoms with Crippen molar-refractivity contribution in [3.8, 4) is 6.07 Å².